The van der Waals surface area contributed by atoms with Gasteiger partial charge in [0, 0.05) is 53.4 Å². The molecule has 0 saturated carbocycles. The van der Waals surface area contributed by atoms with E-state index in [4.69, 9.17) is 5.11 Å². The number of aromatic nitrogens is 1. The lowest BCUT2D eigenvalue weighted by Crippen LogP contribution is -2.47. The maximum Gasteiger partial charge on any atom is 0.407 e. The third-order valence-corrected chi connectivity index (χ3v) is 5.88. The van der Waals surface area contributed by atoms with Gasteiger partial charge in [-0.25, -0.2) is 4.79 Å². The molecule has 1 fully saturated rings. The first-order valence-electron chi connectivity index (χ1n) is 8.40. The lowest BCUT2D eigenvalue weighted by molar-refractivity contribution is 0.102. The summed E-state index contributed by atoms with van der Waals surface area (Å²) < 4.78 is 3.26. The molecule has 0 aliphatic carbocycles. The van der Waals surface area contributed by atoms with Gasteiger partial charge in [-0.05, 0) is 29.8 Å². The molecule has 0 bridgehead atoms. The van der Waals surface area contributed by atoms with Crippen LogP contribution in [0.25, 0.3) is 0 Å². The zero-order valence-corrected chi connectivity index (χ0v) is 17.6. The van der Waals surface area contributed by atoms with Gasteiger partial charge in [0.2, 0.25) is 0 Å². The molecule has 2 aromatic rings. The fourth-order valence-electron chi connectivity index (χ4n) is 3.04. The molecule has 7 nitrogen and oxygen atoms in total. The molecular weight excluding hydrogens is 482 g/mol. The van der Waals surface area contributed by atoms with E-state index in [2.05, 4.69) is 31.9 Å². The second-order valence-corrected chi connectivity index (χ2v) is 8.17. The molecule has 2 N–H and O–H groups in total. The summed E-state index contributed by atoms with van der Waals surface area (Å²) in [6.07, 6.45) is 0.761. The predicted molar refractivity (Wildman–Crippen MR) is 108 cm³/mol. The molecule has 2 heterocycles. The molecule has 1 amide bonds. The highest BCUT2D eigenvalue weighted by Crippen LogP contribution is 2.23. The summed E-state index contributed by atoms with van der Waals surface area (Å²) in [5.41, 5.74) is 1.03. The van der Waals surface area contributed by atoms with Crippen LogP contribution in [0.4, 0.5) is 4.79 Å². The van der Waals surface area contributed by atoms with Crippen molar-refractivity contribution in [2.75, 3.05) is 26.2 Å². The van der Waals surface area contributed by atoms with Gasteiger partial charge >= 0.3 is 6.09 Å². The third kappa shape index (κ3) is 4.72. The van der Waals surface area contributed by atoms with Gasteiger partial charge in [0.25, 0.3) is 5.56 Å². The van der Waals surface area contributed by atoms with Crippen LogP contribution in [0, 0.1) is 0 Å². The monoisotopic (exact) mass is 499 g/mol. The molecule has 27 heavy (non-hydrogen) atoms. The van der Waals surface area contributed by atoms with Crippen LogP contribution in [0.1, 0.15) is 11.1 Å². The minimum Gasteiger partial charge on any atom is -0.503 e. The first-order chi connectivity index (χ1) is 12.8. The average molecular weight is 501 g/mol. The van der Waals surface area contributed by atoms with E-state index in [-0.39, 0.29) is 5.75 Å². The number of carboxylic acid groups (broad SMARTS) is 1. The molecule has 1 aliphatic heterocycles. The molecule has 0 unspecified atom stereocenters. The molecule has 1 saturated heterocycles. The van der Waals surface area contributed by atoms with Gasteiger partial charge < -0.3 is 19.7 Å². The number of carbonyl (C=O) groups is 1. The van der Waals surface area contributed by atoms with Crippen LogP contribution in [0.15, 0.2) is 44.2 Å². The van der Waals surface area contributed by atoms with Crippen molar-refractivity contribution in [3.63, 3.8) is 0 Å². The van der Waals surface area contributed by atoms with Crippen LogP contribution in [0.3, 0.4) is 0 Å². The zero-order chi connectivity index (χ0) is 19.6. The van der Waals surface area contributed by atoms with Crippen molar-refractivity contribution in [2.45, 2.75) is 13.1 Å². The van der Waals surface area contributed by atoms with Crippen molar-refractivity contribution in [3.8, 4) is 5.75 Å². The van der Waals surface area contributed by atoms with Crippen LogP contribution in [-0.4, -0.2) is 56.9 Å². The summed E-state index contributed by atoms with van der Waals surface area (Å²) in [6.45, 7) is 2.73. The first-order valence-corrected chi connectivity index (χ1v) is 9.99. The summed E-state index contributed by atoms with van der Waals surface area (Å²) in [7, 11) is 0. The molecule has 0 radical (unpaired) electrons. The Labute approximate surface area is 173 Å². The number of aromatic hydroxyl groups is 1. The number of amides is 1. The Kier molecular flexibility index (Phi) is 6.23. The van der Waals surface area contributed by atoms with Gasteiger partial charge in [-0.3, -0.25) is 9.69 Å². The Morgan fingerprint density at radius 2 is 1.74 bits per heavy atom. The first kappa shape index (κ1) is 19.9. The molecule has 1 aliphatic rings. The van der Waals surface area contributed by atoms with Crippen molar-refractivity contribution < 1.29 is 15.0 Å². The number of nitrogens with zero attached hydrogens (tertiary/aromatic N) is 3. The van der Waals surface area contributed by atoms with Gasteiger partial charge in [-0.15, -0.1) is 0 Å². The standard InChI is InChI=1S/C18H19Br2N3O4/c19-14-1-2-15(20)13(9-14)11-23-4-3-12(16(24)17(23)25)10-21-5-7-22(8-6-21)18(26)27/h1-4,9,24H,5-8,10-11H2,(H,26,27). The van der Waals surface area contributed by atoms with Gasteiger partial charge in [-0.2, -0.15) is 0 Å². The van der Waals surface area contributed by atoms with Gasteiger partial charge in [0.1, 0.15) is 0 Å². The predicted octanol–water partition coefficient (Wildman–Crippen LogP) is 2.92. The smallest absolute Gasteiger partial charge is 0.407 e. The van der Waals surface area contributed by atoms with E-state index in [0.29, 0.717) is 44.8 Å². The van der Waals surface area contributed by atoms with Crippen LogP contribution >= 0.6 is 31.9 Å². The lowest BCUT2D eigenvalue weighted by Gasteiger charge is -2.33. The van der Waals surface area contributed by atoms with E-state index in [0.717, 1.165) is 14.5 Å². The van der Waals surface area contributed by atoms with Crippen LogP contribution in [-0.2, 0) is 13.1 Å². The number of benzene rings is 1. The number of piperazine rings is 1. The van der Waals surface area contributed by atoms with Crippen molar-refractivity contribution in [1.29, 1.82) is 0 Å². The van der Waals surface area contributed by atoms with Crippen molar-refractivity contribution in [2.24, 2.45) is 0 Å². The number of hydrogen-bond acceptors (Lipinski definition) is 4. The normalized spacial score (nSPS) is 15.1. The van der Waals surface area contributed by atoms with Gasteiger partial charge in [0.15, 0.2) is 5.75 Å². The topological polar surface area (TPSA) is 86.0 Å². The molecule has 3 rings (SSSR count). The molecule has 9 heteroatoms. The van der Waals surface area contributed by atoms with E-state index in [1.165, 1.54) is 9.47 Å². The van der Waals surface area contributed by atoms with E-state index < -0.39 is 11.7 Å². The van der Waals surface area contributed by atoms with Crippen molar-refractivity contribution in [3.05, 3.63) is 60.9 Å². The minimum atomic E-state index is -0.918. The summed E-state index contributed by atoms with van der Waals surface area (Å²) in [4.78, 5) is 26.9. The maximum absolute atomic E-state index is 12.6. The van der Waals surface area contributed by atoms with E-state index >= 15 is 0 Å². The van der Waals surface area contributed by atoms with Crippen LogP contribution < -0.4 is 5.56 Å². The fraction of sp³-hybridized carbons (Fsp3) is 0.333. The van der Waals surface area contributed by atoms with Gasteiger partial charge in [0.05, 0.1) is 6.54 Å². The largest absolute Gasteiger partial charge is 0.503 e. The average Bonchev–Trinajstić information content (AvgIpc) is 2.64. The Morgan fingerprint density at radius 3 is 2.41 bits per heavy atom. The molecule has 144 valence electrons. The second kappa shape index (κ2) is 8.45. The highest BCUT2D eigenvalue weighted by molar-refractivity contribution is 9.11. The highest BCUT2D eigenvalue weighted by atomic mass is 79.9. The number of rotatable bonds is 4. The van der Waals surface area contributed by atoms with Crippen molar-refractivity contribution >= 4 is 38.0 Å². The zero-order valence-electron chi connectivity index (χ0n) is 14.4. The summed E-state index contributed by atoms with van der Waals surface area (Å²) in [5.74, 6) is -0.260. The van der Waals surface area contributed by atoms with Crippen molar-refractivity contribution in [1.82, 2.24) is 14.4 Å². The Bertz CT molecular complexity index is 908. The summed E-state index contributed by atoms with van der Waals surface area (Å²) in [5, 5.41) is 19.4. The van der Waals surface area contributed by atoms with Gasteiger partial charge in [-0.1, -0.05) is 31.9 Å². The molecular formula is C18H19Br2N3O4. The number of halogens is 2. The Balaban J connectivity index is 1.73. The third-order valence-electron chi connectivity index (χ3n) is 4.61. The Morgan fingerprint density at radius 1 is 1.04 bits per heavy atom. The second-order valence-electron chi connectivity index (χ2n) is 6.40. The van der Waals surface area contributed by atoms with Crippen LogP contribution in [0.2, 0.25) is 0 Å². The Hall–Kier alpha value is -1.84. The van der Waals surface area contributed by atoms with E-state index in [1.807, 2.05) is 23.1 Å². The van der Waals surface area contributed by atoms with E-state index in [1.54, 1.807) is 12.3 Å². The number of hydrogen-bond donors (Lipinski definition) is 2. The quantitative estimate of drug-likeness (QED) is 0.674. The lowest BCUT2D eigenvalue weighted by atomic mass is 10.2. The maximum atomic E-state index is 12.6. The summed E-state index contributed by atoms with van der Waals surface area (Å²) >= 11 is 6.89. The molecule has 1 aromatic carbocycles. The highest BCUT2D eigenvalue weighted by Gasteiger charge is 2.21. The van der Waals surface area contributed by atoms with Crippen LogP contribution in [0.5, 0.6) is 5.75 Å². The SMILES string of the molecule is O=C(O)N1CCN(Cc2ccn(Cc3cc(Br)ccc3Br)c(=O)c2O)CC1. The summed E-state index contributed by atoms with van der Waals surface area (Å²) in [6, 6.07) is 7.46. The molecule has 0 spiro atoms. The number of pyridine rings is 1. The minimum absolute atomic E-state index is 0.260. The molecule has 1 aromatic heterocycles. The molecule has 0 atom stereocenters. The fourth-order valence-corrected chi connectivity index (χ4v) is 3.82. The van der Waals surface area contributed by atoms with E-state index in [9.17, 15) is 14.7 Å².